The van der Waals surface area contributed by atoms with Gasteiger partial charge in [0.25, 0.3) is 0 Å². The minimum Gasteiger partial charge on any atom is -0.297 e. The largest absolute Gasteiger partial charge is 0.297 e. The lowest BCUT2D eigenvalue weighted by molar-refractivity contribution is 0.699. The van der Waals surface area contributed by atoms with Gasteiger partial charge in [-0.25, -0.2) is 0 Å². The van der Waals surface area contributed by atoms with Gasteiger partial charge < -0.3 is 0 Å². The molecule has 0 heterocycles. The number of nitrogens with zero attached hydrogens (tertiary/aromatic N) is 1. The van der Waals surface area contributed by atoms with Crippen LogP contribution in [0.2, 0.25) is 0 Å². The second kappa shape index (κ2) is 5.54. The molecule has 0 N–H and O–H groups in total. The third-order valence-corrected chi connectivity index (χ3v) is 1.32. The lowest BCUT2D eigenvalue weighted by Gasteiger charge is -1.95. The first-order valence-electron chi connectivity index (χ1n) is 3.40. The van der Waals surface area contributed by atoms with E-state index in [0.29, 0.717) is 5.92 Å². The highest BCUT2D eigenvalue weighted by Crippen LogP contribution is 2.00. The normalized spacial score (nSPS) is 15.4. The van der Waals surface area contributed by atoms with Crippen LogP contribution in [0.4, 0.5) is 0 Å². The molecule has 0 spiro atoms. The van der Waals surface area contributed by atoms with Gasteiger partial charge in [0.15, 0.2) is 0 Å². The number of allylic oxidation sites excluding steroid dienone is 2. The Labute approximate surface area is 57.5 Å². The van der Waals surface area contributed by atoms with Gasteiger partial charge in [-0.05, 0) is 12.0 Å². The average molecular weight is 125 g/mol. The molecule has 0 aliphatic heterocycles. The van der Waals surface area contributed by atoms with Crippen molar-refractivity contribution in [2.75, 3.05) is 7.05 Å². The minimum atomic E-state index is 0.683. The van der Waals surface area contributed by atoms with Crippen molar-refractivity contribution >= 4 is 6.21 Å². The van der Waals surface area contributed by atoms with Crippen LogP contribution < -0.4 is 0 Å². The number of hydrogen-bond donors (Lipinski definition) is 0. The first-order valence-corrected chi connectivity index (χ1v) is 3.40. The summed E-state index contributed by atoms with van der Waals surface area (Å²) in [4.78, 5) is 3.83. The van der Waals surface area contributed by atoms with Crippen LogP contribution in [0.3, 0.4) is 0 Å². The van der Waals surface area contributed by atoms with Crippen molar-refractivity contribution in [2.45, 2.75) is 20.3 Å². The van der Waals surface area contributed by atoms with Gasteiger partial charge in [0, 0.05) is 13.3 Å². The topological polar surface area (TPSA) is 12.4 Å². The van der Waals surface area contributed by atoms with E-state index >= 15 is 0 Å². The summed E-state index contributed by atoms with van der Waals surface area (Å²) in [6.45, 7) is 4.37. The van der Waals surface area contributed by atoms with E-state index < -0.39 is 0 Å². The van der Waals surface area contributed by atoms with Crippen LogP contribution >= 0.6 is 0 Å². The molecule has 0 aliphatic carbocycles. The van der Waals surface area contributed by atoms with Gasteiger partial charge in [-0.3, -0.25) is 4.99 Å². The lowest BCUT2D eigenvalue weighted by atomic mass is 10.1. The summed E-state index contributed by atoms with van der Waals surface area (Å²) in [6.07, 6.45) is 7.17. The molecule has 0 aromatic rings. The van der Waals surface area contributed by atoms with Crippen molar-refractivity contribution in [1.82, 2.24) is 0 Å². The summed E-state index contributed by atoms with van der Waals surface area (Å²) in [5.74, 6) is 0.683. The van der Waals surface area contributed by atoms with E-state index in [2.05, 4.69) is 24.9 Å². The van der Waals surface area contributed by atoms with Crippen LogP contribution in [-0.4, -0.2) is 13.3 Å². The van der Waals surface area contributed by atoms with Crippen LogP contribution in [0.15, 0.2) is 17.1 Å². The standard InChI is InChI=1S/C8H15N/c1-4-8(2)6-5-7-9-3/h5-8H,4H2,1-3H3/b6-5-,9-7?. The smallest absolute Gasteiger partial charge is 0.0277 e. The zero-order valence-corrected chi connectivity index (χ0v) is 6.46. The predicted molar refractivity (Wildman–Crippen MR) is 43.0 cm³/mol. The Morgan fingerprint density at radius 2 is 2.22 bits per heavy atom. The molecule has 0 aliphatic rings. The molecule has 0 amide bonds. The van der Waals surface area contributed by atoms with Crippen LogP contribution in [-0.2, 0) is 0 Å². The van der Waals surface area contributed by atoms with Gasteiger partial charge >= 0.3 is 0 Å². The van der Waals surface area contributed by atoms with E-state index in [9.17, 15) is 0 Å². The highest BCUT2D eigenvalue weighted by molar-refractivity contribution is 5.70. The molecule has 0 aromatic heterocycles. The van der Waals surface area contributed by atoms with Gasteiger partial charge in [-0.1, -0.05) is 26.3 Å². The minimum absolute atomic E-state index is 0.683. The highest BCUT2D eigenvalue weighted by atomic mass is 14.6. The maximum Gasteiger partial charge on any atom is 0.0277 e. The molecule has 0 aromatic carbocycles. The quantitative estimate of drug-likeness (QED) is 0.513. The average Bonchev–Trinajstić information content (AvgIpc) is 1.89. The SMILES string of the molecule is CCC(C)/C=C\C=NC. The summed E-state index contributed by atoms with van der Waals surface area (Å²) < 4.78 is 0. The van der Waals surface area contributed by atoms with Crippen LogP contribution in [0.1, 0.15) is 20.3 Å². The molecule has 0 rings (SSSR count). The van der Waals surface area contributed by atoms with Gasteiger partial charge in [-0.15, -0.1) is 0 Å². The van der Waals surface area contributed by atoms with Crippen LogP contribution in [0.5, 0.6) is 0 Å². The fraction of sp³-hybridized carbons (Fsp3) is 0.625. The highest BCUT2D eigenvalue weighted by Gasteiger charge is 1.86. The molecule has 1 nitrogen and oxygen atoms in total. The Kier molecular flexibility index (Phi) is 5.18. The maximum atomic E-state index is 3.83. The first kappa shape index (κ1) is 8.41. The van der Waals surface area contributed by atoms with Crippen molar-refractivity contribution in [3.63, 3.8) is 0 Å². The Balaban J connectivity index is 3.43. The van der Waals surface area contributed by atoms with E-state index in [4.69, 9.17) is 0 Å². The van der Waals surface area contributed by atoms with Gasteiger partial charge in [0.1, 0.15) is 0 Å². The Morgan fingerprint density at radius 3 is 2.67 bits per heavy atom. The monoisotopic (exact) mass is 125 g/mol. The molecule has 0 bridgehead atoms. The predicted octanol–water partition coefficient (Wildman–Crippen LogP) is 2.29. The molecule has 1 atom stereocenters. The molecule has 0 saturated heterocycles. The molecule has 0 radical (unpaired) electrons. The molecule has 52 valence electrons. The van der Waals surface area contributed by atoms with E-state index in [-0.39, 0.29) is 0 Å². The van der Waals surface area contributed by atoms with E-state index in [0.717, 1.165) is 0 Å². The van der Waals surface area contributed by atoms with E-state index in [1.165, 1.54) is 6.42 Å². The molecule has 1 unspecified atom stereocenters. The Hall–Kier alpha value is -0.590. The third-order valence-electron chi connectivity index (χ3n) is 1.32. The molecular weight excluding hydrogens is 110 g/mol. The summed E-state index contributed by atoms with van der Waals surface area (Å²) in [5.41, 5.74) is 0. The van der Waals surface area contributed by atoms with Crippen LogP contribution in [0, 0.1) is 5.92 Å². The second-order valence-corrected chi connectivity index (χ2v) is 2.18. The second-order valence-electron chi connectivity index (χ2n) is 2.18. The van der Waals surface area contributed by atoms with Crippen molar-refractivity contribution in [2.24, 2.45) is 10.9 Å². The fourth-order valence-electron chi connectivity index (χ4n) is 0.462. The number of rotatable bonds is 3. The summed E-state index contributed by atoms with van der Waals surface area (Å²) in [7, 11) is 1.78. The maximum absolute atomic E-state index is 3.83. The molecule has 1 heteroatoms. The first-order chi connectivity index (χ1) is 4.31. The van der Waals surface area contributed by atoms with Gasteiger partial charge in [0.2, 0.25) is 0 Å². The van der Waals surface area contributed by atoms with E-state index in [1.54, 1.807) is 7.05 Å². The number of hydrogen-bond acceptors (Lipinski definition) is 1. The summed E-state index contributed by atoms with van der Waals surface area (Å²) in [6, 6.07) is 0. The molecule has 0 fully saturated rings. The van der Waals surface area contributed by atoms with E-state index in [1.807, 2.05) is 12.3 Å². The Morgan fingerprint density at radius 1 is 1.56 bits per heavy atom. The third kappa shape index (κ3) is 5.28. The Bertz CT molecular complexity index is 103. The van der Waals surface area contributed by atoms with Crippen LogP contribution in [0.25, 0.3) is 0 Å². The summed E-state index contributed by atoms with van der Waals surface area (Å²) in [5, 5.41) is 0. The van der Waals surface area contributed by atoms with Gasteiger partial charge in [-0.2, -0.15) is 0 Å². The van der Waals surface area contributed by atoms with Crippen molar-refractivity contribution < 1.29 is 0 Å². The van der Waals surface area contributed by atoms with Crippen molar-refractivity contribution in [3.8, 4) is 0 Å². The fourth-order valence-corrected chi connectivity index (χ4v) is 0.462. The number of aliphatic imine (C=N–C) groups is 1. The van der Waals surface area contributed by atoms with Crippen molar-refractivity contribution in [3.05, 3.63) is 12.2 Å². The molecule has 0 saturated carbocycles. The van der Waals surface area contributed by atoms with Crippen molar-refractivity contribution in [1.29, 1.82) is 0 Å². The van der Waals surface area contributed by atoms with Gasteiger partial charge in [0.05, 0.1) is 0 Å². The molecule has 9 heavy (non-hydrogen) atoms. The summed E-state index contributed by atoms with van der Waals surface area (Å²) >= 11 is 0. The lowest BCUT2D eigenvalue weighted by Crippen LogP contribution is -1.83. The molecular formula is C8H15N. The zero-order valence-electron chi connectivity index (χ0n) is 6.46. The zero-order chi connectivity index (χ0) is 7.11.